The largest absolute Gasteiger partial charge is 0.364 e. The van der Waals surface area contributed by atoms with Crippen molar-refractivity contribution in [3.8, 4) is 0 Å². The number of primary amides is 1. The van der Waals surface area contributed by atoms with Crippen LogP contribution < -0.4 is 10.6 Å². The summed E-state index contributed by atoms with van der Waals surface area (Å²) in [6.07, 6.45) is 4.86. The number of carbonyl (C=O) groups excluding carboxylic acids is 1. The van der Waals surface area contributed by atoms with Crippen molar-refractivity contribution in [2.45, 2.75) is 64.7 Å². The van der Waals surface area contributed by atoms with E-state index in [0.717, 1.165) is 63.5 Å². The van der Waals surface area contributed by atoms with Gasteiger partial charge < -0.3 is 10.6 Å². The first-order valence-electron chi connectivity index (χ1n) is 12.0. The summed E-state index contributed by atoms with van der Waals surface area (Å²) in [4.78, 5) is 27.9. The topological polar surface area (TPSA) is 78.6 Å². The first-order chi connectivity index (χ1) is 15.9. The highest BCUT2D eigenvalue weighted by Gasteiger charge is 2.37. The molecule has 1 amide bonds. The third kappa shape index (κ3) is 5.33. The molecular formula is C25H35FN6O. The number of hydrogen-bond donors (Lipinski definition) is 1. The molecule has 1 aromatic heterocycles. The molecule has 8 heteroatoms. The van der Waals surface area contributed by atoms with Gasteiger partial charge in [0.1, 0.15) is 17.3 Å². The van der Waals surface area contributed by atoms with Gasteiger partial charge in [-0.05, 0) is 63.9 Å². The summed E-state index contributed by atoms with van der Waals surface area (Å²) < 4.78 is 13.2. The van der Waals surface area contributed by atoms with Crippen LogP contribution in [0.15, 0.2) is 30.5 Å². The summed E-state index contributed by atoms with van der Waals surface area (Å²) in [5.41, 5.74) is 7.49. The molecule has 2 aliphatic rings. The molecule has 0 spiro atoms. The van der Waals surface area contributed by atoms with E-state index in [4.69, 9.17) is 5.73 Å². The Morgan fingerprint density at radius 2 is 1.88 bits per heavy atom. The van der Waals surface area contributed by atoms with Gasteiger partial charge in [-0.25, -0.2) is 14.4 Å². The molecule has 0 radical (unpaired) electrons. The minimum absolute atomic E-state index is 0.179. The minimum Gasteiger partial charge on any atom is -0.364 e. The third-order valence-electron chi connectivity index (χ3n) is 7.15. The third-order valence-corrected chi connectivity index (χ3v) is 7.15. The average Bonchev–Trinajstić information content (AvgIpc) is 2.81. The lowest BCUT2D eigenvalue weighted by molar-refractivity contribution is 0.0505. The number of halogens is 1. The Morgan fingerprint density at radius 1 is 1.18 bits per heavy atom. The fourth-order valence-corrected chi connectivity index (χ4v) is 5.30. The fourth-order valence-electron chi connectivity index (χ4n) is 5.30. The lowest BCUT2D eigenvalue weighted by Gasteiger charge is -2.50. The van der Waals surface area contributed by atoms with E-state index in [0.29, 0.717) is 18.1 Å². The van der Waals surface area contributed by atoms with E-state index in [-0.39, 0.29) is 11.5 Å². The SMILES string of the molecule is CC[C@H]1CN(c2ncc(C(N)=O)nc2C)[C@H](C)CN1C1CCN(Cc2ccc(F)cc2)CC1. The average molecular weight is 455 g/mol. The van der Waals surface area contributed by atoms with Gasteiger partial charge >= 0.3 is 0 Å². The number of anilines is 1. The van der Waals surface area contributed by atoms with Crippen molar-refractivity contribution in [1.82, 2.24) is 19.8 Å². The number of piperidine rings is 1. The fraction of sp³-hybridized carbons (Fsp3) is 0.560. The Labute approximate surface area is 195 Å². The smallest absolute Gasteiger partial charge is 0.268 e. The molecule has 1 aromatic carbocycles. The molecule has 33 heavy (non-hydrogen) atoms. The van der Waals surface area contributed by atoms with Crippen molar-refractivity contribution in [3.05, 3.63) is 53.2 Å². The molecule has 0 saturated carbocycles. The molecule has 2 N–H and O–H groups in total. The van der Waals surface area contributed by atoms with Crippen molar-refractivity contribution in [3.63, 3.8) is 0 Å². The summed E-state index contributed by atoms with van der Waals surface area (Å²) in [5, 5.41) is 0. The molecule has 2 atom stereocenters. The maximum absolute atomic E-state index is 13.2. The number of aryl methyl sites for hydroxylation is 1. The van der Waals surface area contributed by atoms with Crippen LogP contribution >= 0.6 is 0 Å². The number of carbonyl (C=O) groups is 1. The molecule has 0 unspecified atom stereocenters. The number of amides is 1. The summed E-state index contributed by atoms with van der Waals surface area (Å²) in [5.74, 6) is 0.119. The quantitative estimate of drug-likeness (QED) is 0.723. The van der Waals surface area contributed by atoms with Crippen LogP contribution in [0.25, 0.3) is 0 Å². The van der Waals surface area contributed by atoms with E-state index < -0.39 is 5.91 Å². The Hall–Kier alpha value is -2.58. The molecule has 2 fully saturated rings. The number of likely N-dealkylation sites (tertiary alicyclic amines) is 1. The zero-order valence-electron chi connectivity index (χ0n) is 19.9. The van der Waals surface area contributed by atoms with E-state index in [1.165, 1.54) is 11.8 Å². The first kappa shape index (κ1) is 23.6. The molecule has 2 saturated heterocycles. The summed E-state index contributed by atoms with van der Waals surface area (Å²) >= 11 is 0. The van der Waals surface area contributed by atoms with Crippen molar-refractivity contribution in [2.75, 3.05) is 31.1 Å². The minimum atomic E-state index is -0.549. The van der Waals surface area contributed by atoms with Gasteiger partial charge in [0.15, 0.2) is 0 Å². The zero-order chi connectivity index (χ0) is 23.5. The van der Waals surface area contributed by atoms with E-state index >= 15 is 0 Å². The van der Waals surface area contributed by atoms with Gasteiger partial charge in [0.2, 0.25) is 0 Å². The number of hydrogen-bond acceptors (Lipinski definition) is 6. The Bertz CT molecular complexity index is 960. The van der Waals surface area contributed by atoms with Crippen LogP contribution in [0, 0.1) is 12.7 Å². The van der Waals surface area contributed by atoms with Crippen LogP contribution in [0.1, 0.15) is 54.9 Å². The van der Waals surface area contributed by atoms with Crippen molar-refractivity contribution < 1.29 is 9.18 Å². The molecule has 4 rings (SSSR count). The van der Waals surface area contributed by atoms with E-state index in [1.807, 2.05) is 19.1 Å². The van der Waals surface area contributed by atoms with Crippen LogP contribution in [-0.2, 0) is 6.54 Å². The van der Waals surface area contributed by atoms with Gasteiger partial charge in [0.25, 0.3) is 5.91 Å². The van der Waals surface area contributed by atoms with Crippen LogP contribution in [0.2, 0.25) is 0 Å². The Kier molecular flexibility index (Phi) is 7.24. The number of nitrogens with two attached hydrogens (primary N) is 1. The monoisotopic (exact) mass is 454 g/mol. The lowest BCUT2D eigenvalue weighted by Crippen LogP contribution is -2.61. The van der Waals surface area contributed by atoms with Crippen LogP contribution in [0.3, 0.4) is 0 Å². The summed E-state index contributed by atoms with van der Waals surface area (Å²) in [6.45, 7) is 11.3. The van der Waals surface area contributed by atoms with Gasteiger partial charge in [-0.2, -0.15) is 0 Å². The second-order valence-corrected chi connectivity index (χ2v) is 9.42. The highest BCUT2D eigenvalue weighted by atomic mass is 19.1. The molecule has 7 nitrogen and oxygen atoms in total. The number of piperazine rings is 1. The number of rotatable bonds is 6. The number of aromatic nitrogens is 2. The molecule has 3 heterocycles. The molecular weight excluding hydrogens is 419 g/mol. The van der Waals surface area contributed by atoms with Gasteiger partial charge in [0, 0.05) is 37.8 Å². The molecule has 2 aliphatic heterocycles. The highest BCUT2D eigenvalue weighted by Crippen LogP contribution is 2.29. The Morgan fingerprint density at radius 3 is 2.48 bits per heavy atom. The van der Waals surface area contributed by atoms with Gasteiger partial charge in [-0.1, -0.05) is 19.1 Å². The van der Waals surface area contributed by atoms with E-state index in [1.54, 1.807) is 12.1 Å². The number of nitrogens with zero attached hydrogens (tertiary/aromatic N) is 5. The first-order valence-corrected chi connectivity index (χ1v) is 12.0. The molecule has 2 aromatic rings. The van der Waals surface area contributed by atoms with Gasteiger partial charge in [0.05, 0.1) is 11.9 Å². The van der Waals surface area contributed by atoms with Crippen molar-refractivity contribution in [1.29, 1.82) is 0 Å². The highest BCUT2D eigenvalue weighted by molar-refractivity contribution is 5.90. The summed E-state index contributed by atoms with van der Waals surface area (Å²) in [7, 11) is 0. The molecule has 0 bridgehead atoms. The molecule has 0 aliphatic carbocycles. The summed E-state index contributed by atoms with van der Waals surface area (Å²) in [6, 6.07) is 8.19. The predicted molar refractivity (Wildman–Crippen MR) is 128 cm³/mol. The lowest BCUT2D eigenvalue weighted by atomic mass is 9.96. The normalized spacial score (nSPS) is 23.1. The predicted octanol–water partition coefficient (Wildman–Crippen LogP) is 2.98. The van der Waals surface area contributed by atoms with Gasteiger partial charge in [-0.3, -0.25) is 14.6 Å². The van der Waals surface area contributed by atoms with Gasteiger partial charge in [-0.15, -0.1) is 0 Å². The second-order valence-electron chi connectivity index (χ2n) is 9.42. The Balaban J connectivity index is 1.38. The number of benzene rings is 1. The van der Waals surface area contributed by atoms with E-state index in [2.05, 4.69) is 38.5 Å². The van der Waals surface area contributed by atoms with Crippen molar-refractivity contribution >= 4 is 11.7 Å². The maximum atomic E-state index is 13.2. The zero-order valence-corrected chi connectivity index (χ0v) is 19.9. The van der Waals surface area contributed by atoms with Crippen LogP contribution in [-0.4, -0.2) is 70.0 Å². The maximum Gasteiger partial charge on any atom is 0.268 e. The van der Waals surface area contributed by atoms with E-state index in [9.17, 15) is 9.18 Å². The standard InChI is InChI=1S/C25H35FN6O/c1-4-21-16-31(25-18(3)29-23(13-28-25)24(27)33)17(2)14-32(21)22-9-11-30(12-10-22)15-19-5-7-20(26)8-6-19/h5-8,13,17,21-22H,4,9-12,14-16H2,1-3H3,(H2,27,33)/t17-,21+/m1/s1. The molecule has 178 valence electrons. The van der Waals surface area contributed by atoms with Crippen LogP contribution in [0.4, 0.5) is 10.2 Å². The second kappa shape index (κ2) is 10.1. The van der Waals surface area contributed by atoms with Crippen LogP contribution in [0.5, 0.6) is 0 Å². The van der Waals surface area contributed by atoms with Crippen molar-refractivity contribution in [2.24, 2.45) is 5.73 Å².